The number of hydrogen-bond donors (Lipinski definition) is 1. The van der Waals surface area contributed by atoms with Crippen molar-refractivity contribution >= 4 is 27.3 Å². The van der Waals surface area contributed by atoms with Crippen LogP contribution < -0.4 is 14.2 Å². The number of aliphatic imine (C=N–C) groups is 1. The second-order valence-corrected chi connectivity index (χ2v) is 11.0. The average Bonchev–Trinajstić information content (AvgIpc) is 2.84. The van der Waals surface area contributed by atoms with Crippen LogP contribution in [-0.4, -0.2) is 39.5 Å². The van der Waals surface area contributed by atoms with Crippen LogP contribution in [0.15, 0.2) is 65.9 Å². The van der Waals surface area contributed by atoms with Gasteiger partial charge in [0.25, 0.3) is 0 Å². The monoisotopic (exact) mass is 543 g/mol. The van der Waals surface area contributed by atoms with E-state index < -0.39 is 10.0 Å². The number of hydrogen-bond acceptors (Lipinski definition) is 6. The minimum atomic E-state index is -3.46. The predicted octanol–water partition coefficient (Wildman–Crippen LogP) is 5.48. The van der Waals surface area contributed by atoms with Gasteiger partial charge >= 0.3 is 0 Å². The van der Waals surface area contributed by atoms with Gasteiger partial charge in [-0.05, 0) is 54.3 Å². The molecule has 0 aliphatic rings. The molecule has 0 amide bonds. The number of benzene rings is 2. The summed E-state index contributed by atoms with van der Waals surface area (Å²) in [6, 6.07) is 14.0. The molecule has 0 aliphatic carbocycles. The van der Waals surface area contributed by atoms with Gasteiger partial charge < -0.3 is 9.47 Å². The van der Waals surface area contributed by atoms with Gasteiger partial charge in [0.1, 0.15) is 36.6 Å². The highest BCUT2D eigenvalue weighted by Crippen LogP contribution is 2.37. The minimum Gasteiger partial charge on any atom is -0.491 e. The Hall–Kier alpha value is -3.28. The SMILES string of the molecule is C=C(/N=C(\C=C/C)COc1ccc(C(C)(C)c2cc(C#N)c(OCCCl)c(CC)c2)cc1)NS(C)(=O)=O. The number of alkyl halides is 1. The number of nitrogens with zero attached hydrogens (tertiary/aromatic N) is 2. The van der Waals surface area contributed by atoms with Gasteiger partial charge in [-0.1, -0.05) is 51.6 Å². The van der Waals surface area contributed by atoms with Crippen LogP contribution in [-0.2, 0) is 21.9 Å². The zero-order chi connectivity index (χ0) is 27.6. The molecule has 198 valence electrons. The number of sulfonamides is 1. The Morgan fingerprint density at radius 2 is 1.89 bits per heavy atom. The molecule has 2 rings (SSSR count). The highest BCUT2D eigenvalue weighted by molar-refractivity contribution is 7.88. The minimum absolute atomic E-state index is 0.0126. The van der Waals surface area contributed by atoms with Crippen LogP contribution in [0.25, 0.3) is 0 Å². The first-order valence-corrected chi connectivity index (χ1v) is 14.2. The van der Waals surface area contributed by atoms with E-state index in [0.29, 0.717) is 35.3 Å². The lowest BCUT2D eigenvalue weighted by molar-refractivity contribution is 0.338. The zero-order valence-corrected chi connectivity index (χ0v) is 23.5. The summed E-state index contributed by atoms with van der Waals surface area (Å²) < 4.78 is 36.7. The maximum Gasteiger partial charge on any atom is 0.230 e. The van der Waals surface area contributed by atoms with E-state index in [2.05, 4.69) is 42.3 Å². The molecule has 0 aliphatic heterocycles. The van der Waals surface area contributed by atoms with Crippen LogP contribution in [0.1, 0.15) is 49.9 Å². The summed E-state index contributed by atoms with van der Waals surface area (Å²) in [5, 5.41) is 9.75. The normalized spacial score (nSPS) is 12.3. The molecule has 2 aromatic carbocycles. The highest BCUT2D eigenvalue weighted by Gasteiger charge is 2.26. The van der Waals surface area contributed by atoms with E-state index in [0.717, 1.165) is 29.4 Å². The molecule has 37 heavy (non-hydrogen) atoms. The van der Waals surface area contributed by atoms with E-state index in [1.807, 2.05) is 44.2 Å². The van der Waals surface area contributed by atoms with Gasteiger partial charge in [-0.3, -0.25) is 4.72 Å². The number of nitriles is 1. The maximum absolute atomic E-state index is 11.4. The molecule has 0 saturated carbocycles. The van der Waals surface area contributed by atoms with E-state index in [1.165, 1.54) is 0 Å². The number of allylic oxidation sites excluding steroid dienone is 1. The molecule has 0 unspecified atom stereocenters. The van der Waals surface area contributed by atoms with Gasteiger partial charge in [0.15, 0.2) is 0 Å². The Kier molecular flexibility index (Phi) is 10.8. The third-order valence-electron chi connectivity index (χ3n) is 5.62. The highest BCUT2D eigenvalue weighted by atomic mass is 35.5. The lowest BCUT2D eigenvalue weighted by Gasteiger charge is -2.28. The number of halogens is 1. The Bertz CT molecular complexity index is 1310. The van der Waals surface area contributed by atoms with Crippen molar-refractivity contribution in [3.8, 4) is 17.6 Å². The van der Waals surface area contributed by atoms with Gasteiger partial charge in [-0.25, -0.2) is 13.4 Å². The first kappa shape index (κ1) is 29.9. The molecule has 0 atom stereocenters. The molecule has 0 bridgehead atoms. The molecule has 0 radical (unpaired) electrons. The van der Waals surface area contributed by atoms with Gasteiger partial charge in [0.05, 0.1) is 23.4 Å². The van der Waals surface area contributed by atoms with Crippen LogP contribution >= 0.6 is 11.6 Å². The van der Waals surface area contributed by atoms with E-state index in [-0.39, 0.29) is 17.8 Å². The van der Waals surface area contributed by atoms with E-state index >= 15 is 0 Å². The van der Waals surface area contributed by atoms with Crippen LogP contribution in [0.4, 0.5) is 0 Å². The number of aryl methyl sites for hydroxylation is 1. The standard InChI is InChI=1S/C28H34ClN3O4S/c1-7-9-25(31-20(3)32-37(6,33)34)19-36-26-12-10-23(11-13-26)28(4,5)24-16-21(8-2)27(35-15-14-29)22(17-24)18-30/h7,9-13,16-17,32H,3,8,14-15,19H2,1-2,4-6H3/b9-7-,31-25+. The fourth-order valence-electron chi connectivity index (χ4n) is 3.72. The summed E-state index contributed by atoms with van der Waals surface area (Å²) in [5.74, 6) is 1.60. The zero-order valence-electron chi connectivity index (χ0n) is 22.0. The largest absolute Gasteiger partial charge is 0.491 e. The summed E-state index contributed by atoms with van der Waals surface area (Å²) in [5.41, 5.74) is 3.65. The fraction of sp³-hybridized carbons (Fsp3) is 0.357. The third kappa shape index (κ3) is 8.66. The fourth-order valence-corrected chi connectivity index (χ4v) is 4.27. The molecule has 9 heteroatoms. The van der Waals surface area contributed by atoms with Crippen molar-refractivity contribution < 1.29 is 17.9 Å². The smallest absolute Gasteiger partial charge is 0.230 e. The Labute approximate surface area is 225 Å². The second kappa shape index (κ2) is 13.3. The van der Waals surface area contributed by atoms with E-state index in [4.69, 9.17) is 21.1 Å². The van der Waals surface area contributed by atoms with Crippen LogP contribution in [0, 0.1) is 11.3 Å². The van der Waals surface area contributed by atoms with Crippen LogP contribution in [0.2, 0.25) is 0 Å². The third-order valence-corrected chi connectivity index (χ3v) is 6.38. The molecule has 0 saturated heterocycles. The topological polar surface area (TPSA) is 101 Å². The molecule has 0 spiro atoms. The van der Waals surface area contributed by atoms with Crippen LogP contribution in [0.3, 0.4) is 0 Å². The molecular weight excluding hydrogens is 510 g/mol. The molecule has 7 nitrogen and oxygen atoms in total. The first-order chi connectivity index (χ1) is 17.4. The van der Waals surface area contributed by atoms with Crippen LogP contribution in [0.5, 0.6) is 11.5 Å². The van der Waals surface area contributed by atoms with Gasteiger partial charge in [0.2, 0.25) is 10.0 Å². The van der Waals surface area contributed by atoms with Gasteiger partial charge in [-0.2, -0.15) is 5.26 Å². The lowest BCUT2D eigenvalue weighted by atomic mass is 9.77. The number of ether oxygens (including phenoxy) is 2. The van der Waals surface area contributed by atoms with Crippen molar-refractivity contribution in [1.29, 1.82) is 5.26 Å². The molecule has 0 aromatic heterocycles. The lowest BCUT2D eigenvalue weighted by Crippen LogP contribution is -2.21. The maximum atomic E-state index is 11.4. The summed E-state index contributed by atoms with van der Waals surface area (Å²) in [6.07, 6.45) is 5.28. The summed E-state index contributed by atoms with van der Waals surface area (Å²) in [4.78, 5) is 4.20. The van der Waals surface area contributed by atoms with Gasteiger partial charge in [0, 0.05) is 5.41 Å². The second-order valence-electron chi connectivity index (χ2n) is 8.88. The molecule has 1 N–H and O–H groups in total. The van der Waals surface area contributed by atoms with Crippen molar-refractivity contribution in [2.45, 2.75) is 39.5 Å². The molecule has 2 aromatic rings. The number of rotatable bonds is 13. The van der Waals surface area contributed by atoms with E-state index in [9.17, 15) is 13.7 Å². The first-order valence-electron chi connectivity index (χ1n) is 11.8. The average molecular weight is 544 g/mol. The summed E-state index contributed by atoms with van der Waals surface area (Å²) >= 11 is 5.78. The molecule has 0 fully saturated rings. The van der Waals surface area contributed by atoms with E-state index in [1.54, 1.807) is 12.2 Å². The number of nitrogens with one attached hydrogen (secondary N) is 1. The van der Waals surface area contributed by atoms with Gasteiger partial charge in [-0.15, -0.1) is 11.6 Å². The Morgan fingerprint density at radius 3 is 2.43 bits per heavy atom. The Balaban J connectivity index is 2.26. The summed E-state index contributed by atoms with van der Waals surface area (Å²) in [7, 11) is -3.46. The Morgan fingerprint density at radius 1 is 1.22 bits per heavy atom. The van der Waals surface area contributed by atoms with Crippen molar-refractivity contribution in [3.63, 3.8) is 0 Å². The molecular formula is C28H34ClN3O4S. The predicted molar refractivity (Wildman–Crippen MR) is 150 cm³/mol. The molecule has 0 heterocycles. The van der Waals surface area contributed by atoms with Crippen molar-refractivity contribution in [2.75, 3.05) is 25.3 Å². The quantitative estimate of drug-likeness (QED) is 0.266. The van der Waals surface area contributed by atoms with Crippen molar-refractivity contribution in [3.05, 3.63) is 83.2 Å². The van der Waals surface area contributed by atoms with Crippen molar-refractivity contribution in [2.24, 2.45) is 4.99 Å². The summed E-state index contributed by atoms with van der Waals surface area (Å²) in [6.45, 7) is 12.2. The van der Waals surface area contributed by atoms with Crippen molar-refractivity contribution in [1.82, 2.24) is 4.72 Å².